The summed E-state index contributed by atoms with van der Waals surface area (Å²) < 4.78 is 0. The fourth-order valence-corrected chi connectivity index (χ4v) is 0.182. The second kappa shape index (κ2) is 7.40. The van der Waals surface area contributed by atoms with E-state index in [0.717, 1.165) is 0 Å². The Morgan fingerprint density at radius 3 is 2.25 bits per heavy atom. The zero-order valence-electron chi connectivity index (χ0n) is 3.76. The van der Waals surface area contributed by atoms with Gasteiger partial charge in [0.05, 0.1) is 6.42 Å². The van der Waals surface area contributed by atoms with Crippen LogP contribution in [-0.4, -0.2) is 55.1 Å². The van der Waals surface area contributed by atoms with Gasteiger partial charge in [0.25, 0.3) is 0 Å². The maximum atomic E-state index is 9.60. The molecule has 0 aliphatic carbocycles. The van der Waals surface area contributed by atoms with Crippen LogP contribution in [0.1, 0.15) is 12.8 Å². The first kappa shape index (κ1) is 11.2. The van der Waals surface area contributed by atoms with E-state index in [-0.39, 0.29) is 50.6 Å². The summed E-state index contributed by atoms with van der Waals surface area (Å²) in [6.07, 6.45) is 0.660. The van der Waals surface area contributed by atoms with Gasteiger partial charge >= 0.3 is 43.7 Å². The minimum absolute atomic E-state index is 0. The molecular formula is C4H8CaO3. The predicted molar refractivity (Wildman–Crippen MR) is 31.5 cm³/mol. The number of hydrogen-bond acceptors (Lipinski definition) is 2. The van der Waals surface area contributed by atoms with E-state index < -0.39 is 5.97 Å². The molecule has 44 valence electrons. The van der Waals surface area contributed by atoms with Crippen LogP contribution < -0.4 is 0 Å². The Kier molecular flexibility index (Phi) is 10.4. The number of aldehydes is 1. The molecule has 0 saturated heterocycles. The topological polar surface area (TPSA) is 54.4 Å². The molecule has 0 aromatic carbocycles. The van der Waals surface area contributed by atoms with Crippen molar-refractivity contribution in [1.29, 1.82) is 0 Å². The molecule has 0 fully saturated rings. The maximum absolute atomic E-state index is 9.60. The first-order valence-electron chi connectivity index (χ1n) is 1.93. The van der Waals surface area contributed by atoms with E-state index in [4.69, 9.17) is 5.11 Å². The number of carboxylic acid groups (broad SMARTS) is 1. The van der Waals surface area contributed by atoms with Gasteiger partial charge in [-0.15, -0.1) is 0 Å². The van der Waals surface area contributed by atoms with E-state index in [9.17, 15) is 9.59 Å². The summed E-state index contributed by atoms with van der Waals surface area (Å²) in [7, 11) is 0. The standard InChI is InChI=1S/C4H6O3.Ca.2H/c5-3-1-2-4(6)7;;;/h3H,1-2H2,(H,6,7);;;. The molecule has 0 rings (SSSR count). The molecule has 8 heavy (non-hydrogen) atoms. The van der Waals surface area contributed by atoms with Crippen LogP contribution in [0.5, 0.6) is 0 Å². The summed E-state index contributed by atoms with van der Waals surface area (Å²) >= 11 is 0. The van der Waals surface area contributed by atoms with Crippen molar-refractivity contribution in [1.82, 2.24) is 0 Å². The molecule has 0 aromatic rings. The molecule has 4 heteroatoms. The number of carbonyl (C=O) groups is 2. The summed E-state index contributed by atoms with van der Waals surface area (Å²) in [6, 6.07) is 0. The zero-order chi connectivity index (χ0) is 5.70. The molecule has 0 atom stereocenters. The van der Waals surface area contributed by atoms with Crippen molar-refractivity contribution >= 4 is 50.0 Å². The van der Waals surface area contributed by atoms with E-state index in [0.29, 0.717) is 6.29 Å². The Bertz CT molecular complexity index is 81.4. The fraction of sp³-hybridized carbons (Fsp3) is 0.500. The van der Waals surface area contributed by atoms with Crippen molar-refractivity contribution in [3.63, 3.8) is 0 Å². The number of rotatable bonds is 3. The second-order valence-electron chi connectivity index (χ2n) is 1.10. The van der Waals surface area contributed by atoms with Gasteiger partial charge < -0.3 is 9.90 Å². The number of aliphatic carboxylic acids is 1. The summed E-state index contributed by atoms with van der Waals surface area (Å²) in [5.41, 5.74) is 0. The van der Waals surface area contributed by atoms with Crippen LogP contribution in [0.25, 0.3) is 0 Å². The Labute approximate surface area is 77.1 Å². The van der Waals surface area contributed by atoms with Gasteiger partial charge in [-0.3, -0.25) is 4.79 Å². The molecule has 0 bridgehead atoms. The van der Waals surface area contributed by atoms with Gasteiger partial charge in [0, 0.05) is 6.42 Å². The molecule has 0 unspecified atom stereocenters. The molecule has 0 spiro atoms. The van der Waals surface area contributed by atoms with E-state index in [1.165, 1.54) is 0 Å². The van der Waals surface area contributed by atoms with Crippen molar-refractivity contribution in [3.05, 3.63) is 0 Å². The Morgan fingerprint density at radius 2 is 2.12 bits per heavy atom. The average Bonchev–Trinajstić information content (AvgIpc) is 1.61. The third-order valence-corrected chi connectivity index (χ3v) is 0.476. The SMILES string of the molecule is O=CCCC(=O)O.[CaH2]. The third-order valence-electron chi connectivity index (χ3n) is 0.476. The molecule has 0 heterocycles. The van der Waals surface area contributed by atoms with Crippen molar-refractivity contribution in [2.24, 2.45) is 0 Å². The monoisotopic (exact) mass is 144 g/mol. The summed E-state index contributed by atoms with van der Waals surface area (Å²) in [5.74, 6) is -0.924. The van der Waals surface area contributed by atoms with Gasteiger partial charge in [0.1, 0.15) is 6.29 Å². The van der Waals surface area contributed by atoms with Crippen LogP contribution in [-0.2, 0) is 9.59 Å². The van der Waals surface area contributed by atoms with Crippen molar-refractivity contribution in [3.8, 4) is 0 Å². The molecule has 1 N–H and O–H groups in total. The van der Waals surface area contributed by atoms with Crippen molar-refractivity contribution < 1.29 is 14.7 Å². The summed E-state index contributed by atoms with van der Waals surface area (Å²) in [5, 5.41) is 7.89. The first-order valence-corrected chi connectivity index (χ1v) is 1.93. The van der Waals surface area contributed by atoms with Gasteiger partial charge in [-0.05, 0) is 0 Å². The van der Waals surface area contributed by atoms with Crippen molar-refractivity contribution in [2.75, 3.05) is 0 Å². The second-order valence-corrected chi connectivity index (χ2v) is 1.10. The molecule has 0 saturated carbocycles. The number of carboxylic acids is 1. The Morgan fingerprint density at radius 1 is 1.62 bits per heavy atom. The van der Waals surface area contributed by atoms with E-state index in [1.807, 2.05) is 0 Å². The normalized spacial score (nSPS) is 7.00. The molecule has 0 aromatic heterocycles. The summed E-state index contributed by atoms with van der Waals surface area (Å²) in [6.45, 7) is 0. The number of carbonyl (C=O) groups excluding carboxylic acids is 1. The van der Waals surface area contributed by atoms with Crippen LogP contribution in [0.15, 0.2) is 0 Å². The van der Waals surface area contributed by atoms with Gasteiger partial charge in [-0.25, -0.2) is 0 Å². The van der Waals surface area contributed by atoms with E-state index in [2.05, 4.69) is 0 Å². The first-order chi connectivity index (χ1) is 3.27. The molecule has 0 aliphatic rings. The molecule has 0 radical (unpaired) electrons. The van der Waals surface area contributed by atoms with Gasteiger partial charge in [-0.1, -0.05) is 0 Å². The Balaban J connectivity index is 0. The minimum atomic E-state index is -0.924. The molecule has 0 aliphatic heterocycles. The van der Waals surface area contributed by atoms with E-state index in [1.54, 1.807) is 0 Å². The summed E-state index contributed by atoms with van der Waals surface area (Å²) in [4.78, 5) is 19.0. The van der Waals surface area contributed by atoms with E-state index >= 15 is 0 Å². The quantitative estimate of drug-likeness (QED) is 0.414. The molecular weight excluding hydrogens is 136 g/mol. The third kappa shape index (κ3) is 9.64. The van der Waals surface area contributed by atoms with Crippen LogP contribution >= 0.6 is 0 Å². The van der Waals surface area contributed by atoms with Crippen LogP contribution in [0.4, 0.5) is 0 Å². The fourth-order valence-electron chi connectivity index (χ4n) is 0.182. The van der Waals surface area contributed by atoms with Crippen LogP contribution in [0, 0.1) is 0 Å². The predicted octanol–water partition coefficient (Wildman–Crippen LogP) is -0.866. The average molecular weight is 144 g/mol. The Hall–Kier alpha value is 0.400. The van der Waals surface area contributed by atoms with Crippen LogP contribution in [0.2, 0.25) is 0 Å². The van der Waals surface area contributed by atoms with Crippen molar-refractivity contribution in [2.45, 2.75) is 12.8 Å². The zero-order valence-corrected chi connectivity index (χ0v) is 3.76. The number of hydrogen-bond donors (Lipinski definition) is 1. The van der Waals surface area contributed by atoms with Gasteiger partial charge in [-0.2, -0.15) is 0 Å². The molecule has 0 amide bonds. The van der Waals surface area contributed by atoms with Gasteiger partial charge in [0.2, 0.25) is 0 Å². The van der Waals surface area contributed by atoms with Gasteiger partial charge in [0.15, 0.2) is 0 Å². The van der Waals surface area contributed by atoms with Crippen LogP contribution in [0.3, 0.4) is 0 Å². The molecule has 3 nitrogen and oxygen atoms in total.